The summed E-state index contributed by atoms with van der Waals surface area (Å²) in [4.78, 5) is 19.1. The van der Waals surface area contributed by atoms with Crippen molar-refractivity contribution in [1.82, 2.24) is 20.1 Å². The Hall–Kier alpha value is -2.98. The fourth-order valence-corrected chi connectivity index (χ4v) is 4.72. The van der Waals surface area contributed by atoms with E-state index in [0.717, 1.165) is 17.4 Å². The molecular formula is C22H18ClF3N4O2S. The van der Waals surface area contributed by atoms with Gasteiger partial charge in [-0.2, -0.15) is 13.2 Å². The summed E-state index contributed by atoms with van der Waals surface area (Å²) in [5, 5.41) is 9.04. The van der Waals surface area contributed by atoms with Crippen LogP contribution in [-0.2, 0) is 12.7 Å². The van der Waals surface area contributed by atoms with Crippen molar-refractivity contribution in [3.63, 3.8) is 0 Å². The van der Waals surface area contributed by atoms with Crippen LogP contribution >= 0.6 is 22.9 Å². The molecule has 0 N–H and O–H groups in total. The predicted molar refractivity (Wildman–Crippen MR) is 119 cm³/mol. The van der Waals surface area contributed by atoms with Crippen LogP contribution in [-0.4, -0.2) is 32.5 Å². The fraction of sp³-hybridized carbons (Fsp3) is 0.273. The largest absolute Gasteiger partial charge is 0.433 e. The van der Waals surface area contributed by atoms with E-state index >= 15 is 0 Å². The number of alkyl halides is 3. The summed E-state index contributed by atoms with van der Waals surface area (Å²) in [5.74, 6) is 0.132. The minimum absolute atomic E-state index is 0.0546. The van der Waals surface area contributed by atoms with Gasteiger partial charge in [0.2, 0.25) is 11.8 Å². The quantitative estimate of drug-likeness (QED) is 0.311. The SMILES string of the molecule is CCCN(Cc1nnc(-c2ccccc2Cl)o1)C(=O)c1sc2nc(C(F)(F)F)ccc2c1C. The Morgan fingerprint density at radius 1 is 1.18 bits per heavy atom. The average Bonchev–Trinajstić information content (AvgIpc) is 3.37. The van der Waals surface area contributed by atoms with Crippen molar-refractivity contribution in [2.24, 2.45) is 0 Å². The van der Waals surface area contributed by atoms with Gasteiger partial charge in [-0.25, -0.2) is 4.98 Å². The number of carbonyl (C=O) groups excluding carboxylic acids is 1. The molecule has 11 heteroatoms. The number of aryl methyl sites for hydroxylation is 1. The number of amides is 1. The summed E-state index contributed by atoms with van der Waals surface area (Å²) in [6, 6.07) is 9.30. The molecule has 0 saturated heterocycles. The molecule has 4 rings (SSSR count). The van der Waals surface area contributed by atoms with Crippen LogP contribution in [0.1, 0.15) is 40.2 Å². The fourth-order valence-electron chi connectivity index (χ4n) is 3.35. The number of rotatable bonds is 6. The smallest absolute Gasteiger partial charge is 0.419 e. The molecule has 172 valence electrons. The second-order valence-corrected chi connectivity index (χ2v) is 8.72. The lowest BCUT2D eigenvalue weighted by Crippen LogP contribution is -2.31. The van der Waals surface area contributed by atoms with Crippen LogP contribution in [0.2, 0.25) is 5.02 Å². The Morgan fingerprint density at radius 2 is 1.94 bits per heavy atom. The highest BCUT2D eigenvalue weighted by Gasteiger charge is 2.33. The molecule has 3 heterocycles. The maximum atomic E-state index is 13.3. The highest BCUT2D eigenvalue weighted by Crippen LogP contribution is 2.35. The van der Waals surface area contributed by atoms with Gasteiger partial charge in [-0.3, -0.25) is 4.79 Å². The molecule has 0 aliphatic heterocycles. The van der Waals surface area contributed by atoms with Crippen molar-refractivity contribution in [3.8, 4) is 11.5 Å². The van der Waals surface area contributed by atoms with E-state index in [1.165, 1.54) is 11.0 Å². The molecule has 0 atom stereocenters. The second kappa shape index (κ2) is 9.11. The first-order chi connectivity index (χ1) is 15.7. The van der Waals surface area contributed by atoms with Crippen LogP contribution < -0.4 is 0 Å². The van der Waals surface area contributed by atoms with Crippen LogP contribution in [0.15, 0.2) is 40.8 Å². The van der Waals surface area contributed by atoms with Crippen LogP contribution in [0.3, 0.4) is 0 Å². The lowest BCUT2D eigenvalue weighted by molar-refractivity contribution is -0.140. The number of carbonyl (C=O) groups is 1. The molecule has 0 unspecified atom stereocenters. The van der Waals surface area contributed by atoms with Crippen molar-refractivity contribution in [2.75, 3.05) is 6.54 Å². The molecule has 3 aromatic heterocycles. The monoisotopic (exact) mass is 494 g/mol. The number of halogens is 4. The first-order valence-corrected chi connectivity index (χ1v) is 11.2. The Labute approximate surface area is 196 Å². The van der Waals surface area contributed by atoms with Crippen molar-refractivity contribution in [3.05, 3.63) is 63.4 Å². The molecule has 1 amide bonds. The standard InChI is InChI=1S/C22H18ClF3N4O2S/c1-3-10-30(11-17-28-29-19(32-17)14-6-4-5-7-15(14)23)21(31)18-12(2)13-8-9-16(22(24,25)26)27-20(13)33-18/h4-9H,3,10-11H2,1-2H3. The summed E-state index contributed by atoms with van der Waals surface area (Å²) in [7, 11) is 0. The average molecular weight is 495 g/mol. The summed E-state index contributed by atoms with van der Waals surface area (Å²) in [6.45, 7) is 4.07. The minimum Gasteiger partial charge on any atom is -0.419 e. The molecule has 0 bridgehead atoms. The van der Waals surface area contributed by atoms with Gasteiger partial charge < -0.3 is 9.32 Å². The molecule has 0 aliphatic rings. The van der Waals surface area contributed by atoms with E-state index in [4.69, 9.17) is 16.0 Å². The van der Waals surface area contributed by atoms with E-state index in [9.17, 15) is 18.0 Å². The maximum absolute atomic E-state index is 13.3. The summed E-state index contributed by atoms with van der Waals surface area (Å²) in [5.41, 5.74) is 0.182. The first kappa shape index (κ1) is 23.2. The van der Waals surface area contributed by atoms with Crippen LogP contribution in [0.4, 0.5) is 13.2 Å². The van der Waals surface area contributed by atoms with E-state index in [-0.39, 0.29) is 29.1 Å². The Morgan fingerprint density at radius 3 is 2.64 bits per heavy atom. The zero-order valence-electron chi connectivity index (χ0n) is 17.6. The second-order valence-electron chi connectivity index (χ2n) is 7.31. The predicted octanol–water partition coefficient (Wildman–Crippen LogP) is 6.38. The highest BCUT2D eigenvalue weighted by molar-refractivity contribution is 7.20. The van der Waals surface area contributed by atoms with Crippen molar-refractivity contribution in [1.29, 1.82) is 0 Å². The molecule has 0 fully saturated rings. The van der Waals surface area contributed by atoms with Gasteiger partial charge in [0.25, 0.3) is 5.91 Å². The molecule has 0 aliphatic carbocycles. The molecule has 4 aromatic rings. The van der Waals surface area contributed by atoms with Crippen LogP contribution in [0.5, 0.6) is 0 Å². The maximum Gasteiger partial charge on any atom is 0.433 e. The molecule has 0 radical (unpaired) electrons. The van der Waals surface area contributed by atoms with E-state index in [2.05, 4.69) is 15.2 Å². The number of pyridine rings is 1. The Balaban J connectivity index is 1.62. The van der Waals surface area contributed by atoms with Gasteiger partial charge in [0.05, 0.1) is 22.0 Å². The van der Waals surface area contributed by atoms with Gasteiger partial charge >= 0.3 is 6.18 Å². The summed E-state index contributed by atoms with van der Waals surface area (Å²) >= 11 is 7.13. The van der Waals surface area contributed by atoms with Crippen molar-refractivity contribution in [2.45, 2.75) is 33.0 Å². The molecule has 33 heavy (non-hydrogen) atoms. The molecule has 1 aromatic carbocycles. The van der Waals surface area contributed by atoms with Crippen molar-refractivity contribution < 1.29 is 22.4 Å². The molecule has 6 nitrogen and oxygen atoms in total. The van der Waals surface area contributed by atoms with Crippen molar-refractivity contribution >= 4 is 39.1 Å². The summed E-state index contributed by atoms with van der Waals surface area (Å²) in [6.07, 6.45) is -3.89. The van der Waals surface area contributed by atoms with Gasteiger partial charge in [0.15, 0.2) is 0 Å². The summed E-state index contributed by atoms with van der Waals surface area (Å²) < 4.78 is 44.8. The lowest BCUT2D eigenvalue weighted by Gasteiger charge is -2.19. The van der Waals surface area contributed by atoms with Crippen LogP contribution in [0, 0.1) is 6.92 Å². The zero-order valence-corrected chi connectivity index (χ0v) is 19.2. The third kappa shape index (κ3) is 4.72. The van der Waals surface area contributed by atoms with Gasteiger partial charge in [-0.15, -0.1) is 21.5 Å². The zero-order chi connectivity index (χ0) is 23.8. The van der Waals surface area contributed by atoms with E-state index < -0.39 is 11.9 Å². The lowest BCUT2D eigenvalue weighted by atomic mass is 10.1. The van der Waals surface area contributed by atoms with Gasteiger partial charge in [0.1, 0.15) is 10.5 Å². The van der Waals surface area contributed by atoms with Crippen LogP contribution in [0.25, 0.3) is 21.7 Å². The highest BCUT2D eigenvalue weighted by atomic mass is 35.5. The minimum atomic E-state index is -4.55. The number of fused-ring (bicyclic) bond motifs is 1. The topological polar surface area (TPSA) is 72.1 Å². The van der Waals surface area contributed by atoms with E-state index in [0.29, 0.717) is 39.4 Å². The van der Waals surface area contributed by atoms with Gasteiger partial charge in [0, 0.05) is 11.9 Å². The third-order valence-corrected chi connectivity index (χ3v) is 6.49. The van der Waals surface area contributed by atoms with Gasteiger partial charge in [-0.1, -0.05) is 30.7 Å². The number of thiophene rings is 1. The third-order valence-electron chi connectivity index (χ3n) is 4.97. The number of hydrogen-bond acceptors (Lipinski definition) is 6. The molecule has 0 spiro atoms. The number of aromatic nitrogens is 3. The first-order valence-electron chi connectivity index (χ1n) is 10.0. The van der Waals surface area contributed by atoms with E-state index in [1.807, 2.05) is 6.92 Å². The number of benzene rings is 1. The number of nitrogens with zero attached hydrogens (tertiary/aromatic N) is 4. The number of hydrogen-bond donors (Lipinski definition) is 0. The van der Waals surface area contributed by atoms with Gasteiger partial charge in [-0.05, 0) is 43.2 Å². The Kier molecular flexibility index (Phi) is 6.40. The van der Waals surface area contributed by atoms with E-state index in [1.54, 1.807) is 31.2 Å². The molecular weight excluding hydrogens is 477 g/mol. The molecule has 0 saturated carbocycles. The normalized spacial score (nSPS) is 11.8. The Bertz CT molecular complexity index is 1320.